The van der Waals surface area contributed by atoms with Crippen molar-refractivity contribution in [1.82, 2.24) is 4.98 Å². The van der Waals surface area contributed by atoms with Gasteiger partial charge >= 0.3 is 0 Å². The number of rotatable bonds is 5. The maximum absolute atomic E-state index is 13.2. The zero-order valence-corrected chi connectivity index (χ0v) is 12.6. The van der Waals surface area contributed by atoms with Crippen LogP contribution >= 0.6 is 15.9 Å². The second-order valence-corrected chi connectivity index (χ2v) is 5.23. The van der Waals surface area contributed by atoms with Gasteiger partial charge in [0.2, 0.25) is 0 Å². The molecule has 1 aromatic heterocycles. The molecule has 5 heteroatoms. The van der Waals surface area contributed by atoms with Gasteiger partial charge in [-0.1, -0.05) is 13.0 Å². The highest BCUT2D eigenvalue weighted by Gasteiger charge is 2.13. The summed E-state index contributed by atoms with van der Waals surface area (Å²) in [6.45, 7) is 2.62. The lowest BCUT2D eigenvalue weighted by Gasteiger charge is -2.13. The van der Waals surface area contributed by atoms with Crippen LogP contribution in [-0.2, 0) is 0 Å². The molecule has 3 nitrogen and oxygen atoms in total. The molecular weight excluding hydrogens is 325 g/mol. The average Bonchev–Trinajstić information content (AvgIpc) is 2.47. The summed E-state index contributed by atoms with van der Waals surface area (Å²) in [5.41, 5.74) is 1.20. The summed E-state index contributed by atoms with van der Waals surface area (Å²) in [6.07, 6.45) is 3.20. The van der Waals surface area contributed by atoms with Crippen LogP contribution in [0.5, 0.6) is 5.75 Å². The van der Waals surface area contributed by atoms with Crippen LogP contribution in [0.1, 0.15) is 30.6 Å². The maximum Gasteiger partial charge on any atom is 0.137 e. The highest BCUT2D eigenvalue weighted by molar-refractivity contribution is 9.10. The van der Waals surface area contributed by atoms with Gasteiger partial charge in [0.05, 0.1) is 17.3 Å². The third kappa shape index (κ3) is 3.55. The molecule has 0 amide bonds. The Balaban J connectivity index is 2.23. The third-order valence-corrected chi connectivity index (χ3v) is 3.39. The van der Waals surface area contributed by atoms with Crippen molar-refractivity contribution in [3.63, 3.8) is 0 Å². The number of hydrogen-bond donors (Lipinski definition) is 1. The molecule has 1 N–H and O–H groups in total. The van der Waals surface area contributed by atoms with E-state index < -0.39 is 6.10 Å². The van der Waals surface area contributed by atoms with Gasteiger partial charge < -0.3 is 9.84 Å². The van der Waals surface area contributed by atoms with E-state index in [0.717, 1.165) is 6.42 Å². The number of benzene rings is 1. The van der Waals surface area contributed by atoms with E-state index in [1.165, 1.54) is 6.07 Å². The standard InChI is InChI=1S/C15H15BrFNO2/c1-2-5-20-12-6-11(8-18-9-12)15(19)10-3-4-14(17)13(16)7-10/h3-4,6-9,15,19H,2,5H2,1H3. The second kappa shape index (κ2) is 6.81. The topological polar surface area (TPSA) is 42.4 Å². The fourth-order valence-electron chi connectivity index (χ4n) is 1.76. The number of hydrogen-bond acceptors (Lipinski definition) is 3. The van der Waals surface area contributed by atoms with E-state index in [1.807, 2.05) is 6.92 Å². The fraction of sp³-hybridized carbons (Fsp3) is 0.267. The molecule has 0 aliphatic rings. The zero-order valence-electron chi connectivity index (χ0n) is 11.0. The van der Waals surface area contributed by atoms with Crippen LogP contribution < -0.4 is 4.74 Å². The molecular formula is C15H15BrFNO2. The quantitative estimate of drug-likeness (QED) is 0.899. The van der Waals surface area contributed by atoms with Crippen molar-refractivity contribution in [3.8, 4) is 5.75 Å². The molecule has 2 aromatic rings. The number of ether oxygens (including phenoxy) is 1. The lowest BCUT2D eigenvalue weighted by atomic mass is 10.0. The molecule has 1 atom stereocenters. The summed E-state index contributed by atoms with van der Waals surface area (Å²) >= 11 is 3.11. The van der Waals surface area contributed by atoms with Gasteiger partial charge in [-0.05, 0) is 46.1 Å². The molecule has 0 fully saturated rings. The molecule has 106 valence electrons. The van der Waals surface area contributed by atoms with Gasteiger partial charge in [-0.15, -0.1) is 0 Å². The van der Waals surface area contributed by atoms with Crippen LogP contribution in [0.3, 0.4) is 0 Å². The van der Waals surface area contributed by atoms with Gasteiger partial charge in [0.25, 0.3) is 0 Å². The van der Waals surface area contributed by atoms with Gasteiger partial charge in [-0.2, -0.15) is 0 Å². The van der Waals surface area contributed by atoms with E-state index in [9.17, 15) is 9.50 Å². The number of aliphatic hydroxyl groups is 1. The molecule has 20 heavy (non-hydrogen) atoms. The monoisotopic (exact) mass is 339 g/mol. The van der Waals surface area contributed by atoms with Gasteiger partial charge in [0.15, 0.2) is 0 Å². The molecule has 0 bridgehead atoms. The van der Waals surface area contributed by atoms with Crippen LogP contribution in [0.4, 0.5) is 4.39 Å². The van der Waals surface area contributed by atoms with Crippen LogP contribution in [0, 0.1) is 5.82 Å². The largest absolute Gasteiger partial charge is 0.492 e. The first-order valence-electron chi connectivity index (χ1n) is 6.32. The minimum atomic E-state index is -0.871. The second-order valence-electron chi connectivity index (χ2n) is 4.38. The van der Waals surface area contributed by atoms with Gasteiger partial charge in [0.1, 0.15) is 17.7 Å². The Kier molecular flexibility index (Phi) is 5.09. The molecule has 1 aromatic carbocycles. The van der Waals surface area contributed by atoms with Crippen LogP contribution in [0.2, 0.25) is 0 Å². The smallest absolute Gasteiger partial charge is 0.137 e. The Morgan fingerprint density at radius 1 is 1.30 bits per heavy atom. The molecule has 1 heterocycles. The van der Waals surface area contributed by atoms with Gasteiger partial charge in [0, 0.05) is 11.8 Å². The van der Waals surface area contributed by atoms with E-state index in [2.05, 4.69) is 20.9 Å². The van der Waals surface area contributed by atoms with E-state index in [0.29, 0.717) is 28.0 Å². The van der Waals surface area contributed by atoms with E-state index >= 15 is 0 Å². The van der Waals surface area contributed by atoms with Crippen molar-refractivity contribution in [3.05, 3.63) is 58.1 Å². The Morgan fingerprint density at radius 3 is 2.80 bits per heavy atom. The summed E-state index contributed by atoms with van der Waals surface area (Å²) in [7, 11) is 0. The van der Waals surface area contributed by atoms with Crippen molar-refractivity contribution in [1.29, 1.82) is 0 Å². The van der Waals surface area contributed by atoms with Crippen LogP contribution in [0.25, 0.3) is 0 Å². The van der Waals surface area contributed by atoms with Crippen molar-refractivity contribution in [2.75, 3.05) is 6.61 Å². The first kappa shape index (κ1) is 14.9. The van der Waals surface area contributed by atoms with E-state index in [1.54, 1.807) is 30.6 Å². The Hall–Kier alpha value is -1.46. The van der Waals surface area contributed by atoms with E-state index in [-0.39, 0.29) is 5.82 Å². The predicted octanol–water partition coefficient (Wildman–Crippen LogP) is 3.85. The Bertz CT molecular complexity index is 592. The predicted molar refractivity (Wildman–Crippen MR) is 78.2 cm³/mol. The minimum absolute atomic E-state index is 0.320. The molecule has 0 spiro atoms. The highest BCUT2D eigenvalue weighted by atomic mass is 79.9. The van der Waals surface area contributed by atoms with Crippen LogP contribution in [-0.4, -0.2) is 16.7 Å². The summed E-state index contributed by atoms with van der Waals surface area (Å²) in [4.78, 5) is 4.05. The van der Waals surface area contributed by atoms with Crippen molar-refractivity contribution >= 4 is 15.9 Å². The first-order chi connectivity index (χ1) is 9.61. The molecule has 1 unspecified atom stereocenters. The Labute approximate surface area is 125 Å². The number of aromatic nitrogens is 1. The van der Waals surface area contributed by atoms with Gasteiger partial charge in [-0.3, -0.25) is 4.98 Å². The summed E-state index contributed by atoms with van der Waals surface area (Å²) in [5, 5.41) is 10.3. The third-order valence-electron chi connectivity index (χ3n) is 2.78. The van der Waals surface area contributed by atoms with Gasteiger partial charge in [-0.25, -0.2) is 4.39 Å². The summed E-state index contributed by atoms with van der Waals surface area (Å²) in [6, 6.07) is 6.15. The lowest BCUT2D eigenvalue weighted by Crippen LogP contribution is -2.02. The Morgan fingerprint density at radius 2 is 2.10 bits per heavy atom. The summed E-state index contributed by atoms with van der Waals surface area (Å²) < 4.78 is 19.0. The van der Waals surface area contributed by atoms with Crippen molar-refractivity contribution in [2.45, 2.75) is 19.4 Å². The fourth-order valence-corrected chi connectivity index (χ4v) is 2.16. The molecule has 0 aliphatic heterocycles. The number of pyridine rings is 1. The SMILES string of the molecule is CCCOc1cncc(C(O)c2ccc(F)c(Br)c2)c1. The number of nitrogens with zero attached hydrogens (tertiary/aromatic N) is 1. The highest BCUT2D eigenvalue weighted by Crippen LogP contribution is 2.27. The van der Waals surface area contributed by atoms with E-state index in [4.69, 9.17) is 4.74 Å². The molecule has 0 radical (unpaired) electrons. The van der Waals surface area contributed by atoms with Crippen molar-refractivity contribution in [2.24, 2.45) is 0 Å². The maximum atomic E-state index is 13.2. The normalized spacial score (nSPS) is 12.2. The molecule has 0 aliphatic carbocycles. The number of halogens is 2. The molecule has 2 rings (SSSR count). The average molecular weight is 340 g/mol. The molecule has 0 saturated carbocycles. The number of aliphatic hydroxyl groups excluding tert-OH is 1. The van der Waals surface area contributed by atoms with Crippen molar-refractivity contribution < 1.29 is 14.2 Å². The minimum Gasteiger partial charge on any atom is -0.492 e. The molecule has 0 saturated heterocycles. The zero-order chi connectivity index (χ0) is 14.5. The van der Waals surface area contributed by atoms with Crippen LogP contribution in [0.15, 0.2) is 41.1 Å². The summed E-state index contributed by atoms with van der Waals surface area (Å²) in [5.74, 6) is 0.253. The lowest BCUT2D eigenvalue weighted by molar-refractivity contribution is 0.218. The first-order valence-corrected chi connectivity index (χ1v) is 7.12.